The van der Waals surface area contributed by atoms with E-state index < -0.39 is 0 Å². The van der Waals surface area contributed by atoms with Gasteiger partial charge in [0.05, 0.1) is 0 Å². The molecule has 0 spiro atoms. The van der Waals surface area contributed by atoms with Gasteiger partial charge in [0.1, 0.15) is 5.75 Å². The number of carbonyl (C=O) groups excluding carboxylic acids is 1. The van der Waals surface area contributed by atoms with E-state index >= 15 is 0 Å². The fourth-order valence-electron chi connectivity index (χ4n) is 4.97. The Bertz CT molecular complexity index is 785. The van der Waals surface area contributed by atoms with Crippen molar-refractivity contribution >= 4 is 5.91 Å². The van der Waals surface area contributed by atoms with Crippen LogP contribution < -0.4 is 4.74 Å². The van der Waals surface area contributed by atoms with Crippen molar-refractivity contribution in [3.63, 3.8) is 0 Å². The lowest BCUT2D eigenvalue weighted by Crippen LogP contribution is -2.40. The monoisotopic (exact) mass is 355 g/mol. The number of nitrogens with zero attached hydrogens (tertiary/aromatic N) is 3. The predicted octanol–water partition coefficient (Wildman–Crippen LogP) is 3.54. The van der Waals surface area contributed by atoms with Crippen LogP contribution >= 0.6 is 0 Å². The van der Waals surface area contributed by atoms with Crippen LogP contribution in [0.25, 0.3) is 11.5 Å². The Morgan fingerprint density at radius 3 is 2.73 bits per heavy atom. The predicted molar refractivity (Wildman–Crippen MR) is 96.5 cm³/mol. The van der Waals surface area contributed by atoms with Crippen molar-refractivity contribution in [3.05, 3.63) is 30.7 Å². The summed E-state index contributed by atoms with van der Waals surface area (Å²) < 4.78 is 10.9. The average molecular weight is 355 g/mol. The van der Waals surface area contributed by atoms with Gasteiger partial charge in [-0.1, -0.05) is 20.8 Å². The topological polar surface area (TPSA) is 68.5 Å². The van der Waals surface area contributed by atoms with Gasteiger partial charge >= 0.3 is 0 Å². The maximum absolute atomic E-state index is 12.7. The fourth-order valence-corrected chi connectivity index (χ4v) is 4.97. The minimum absolute atomic E-state index is 0.0763. The molecule has 1 saturated carbocycles. The zero-order valence-electron chi connectivity index (χ0n) is 15.6. The first-order chi connectivity index (χ1) is 12.3. The molecule has 2 heterocycles. The molecule has 0 N–H and O–H groups in total. The number of fused-ring (bicyclic) bond motifs is 2. The minimum atomic E-state index is 0.0763. The standard InChI is InChI=1S/C20H25N3O3/c1-19(2)8-15-9-20(3,11-19)12-23(15)17(24)10-25-16-6-4-14(5-7-16)18-22-21-13-26-18/h4-7,13,15H,8-12H2,1-3H3/t15-,20-/m0/s1. The van der Waals surface area contributed by atoms with E-state index in [9.17, 15) is 4.79 Å². The maximum Gasteiger partial charge on any atom is 0.260 e. The molecule has 1 amide bonds. The fraction of sp³-hybridized carbons (Fsp3) is 0.550. The first-order valence-electron chi connectivity index (χ1n) is 9.13. The molecule has 0 radical (unpaired) electrons. The molecule has 4 rings (SSSR count). The molecule has 1 aromatic carbocycles. The normalized spacial score (nSPS) is 26.7. The zero-order valence-corrected chi connectivity index (χ0v) is 15.6. The third-order valence-corrected chi connectivity index (χ3v) is 5.56. The summed E-state index contributed by atoms with van der Waals surface area (Å²) in [4.78, 5) is 14.8. The molecule has 1 aliphatic heterocycles. The summed E-state index contributed by atoms with van der Waals surface area (Å²) in [5.74, 6) is 1.21. The van der Waals surface area contributed by atoms with Gasteiger partial charge < -0.3 is 14.1 Å². The Kier molecular flexibility index (Phi) is 4.01. The second-order valence-corrected chi connectivity index (χ2v) is 8.79. The second-order valence-electron chi connectivity index (χ2n) is 8.79. The van der Waals surface area contributed by atoms with Gasteiger partial charge in [-0.2, -0.15) is 0 Å². The molecule has 6 nitrogen and oxygen atoms in total. The summed E-state index contributed by atoms with van der Waals surface area (Å²) >= 11 is 0. The van der Waals surface area contributed by atoms with Gasteiger partial charge in [-0.15, -0.1) is 10.2 Å². The summed E-state index contributed by atoms with van der Waals surface area (Å²) in [5.41, 5.74) is 1.37. The minimum Gasteiger partial charge on any atom is -0.484 e. The Balaban J connectivity index is 1.37. The number of aromatic nitrogens is 2. The molecule has 6 heteroatoms. The van der Waals surface area contributed by atoms with Crippen LogP contribution in [0.4, 0.5) is 0 Å². The number of hydrogen-bond acceptors (Lipinski definition) is 5. The van der Waals surface area contributed by atoms with Gasteiger partial charge in [0.2, 0.25) is 12.3 Å². The largest absolute Gasteiger partial charge is 0.484 e. The van der Waals surface area contributed by atoms with Gasteiger partial charge in [0.25, 0.3) is 5.91 Å². The first kappa shape index (κ1) is 17.1. The molecular weight excluding hydrogens is 330 g/mol. The molecule has 2 atom stereocenters. The number of benzene rings is 1. The van der Waals surface area contributed by atoms with Crippen LogP contribution in [0.5, 0.6) is 5.75 Å². The third kappa shape index (κ3) is 3.32. The number of likely N-dealkylation sites (tertiary alicyclic amines) is 1. The average Bonchev–Trinajstić information content (AvgIpc) is 3.18. The third-order valence-electron chi connectivity index (χ3n) is 5.56. The molecule has 1 aliphatic carbocycles. The van der Waals surface area contributed by atoms with Crippen LogP contribution in [-0.2, 0) is 4.79 Å². The van der Waals surface area contributed by atoms with E-state index in [1.165, 1.54) is 12.8 Å². The van der Waals surface area contributed by atoms with Gasteiger partial charge in [-0.05, 0) is 54.4 Å². The lowest BCUT2D eigenvalue weighted by Gasteiger charge is -2.39. The number of ether oxygens (including phenoxy) is 1. The van der Waals surface area contributed by atoms with Crippen LogP contribution in [0.3, 0.4) is 0 Å². The van der Waals surface area contributed by atoms with Gasteiger partial charge in [-0.25, -0.2) is 0 Å². The highest BCUT2D eigenvalue weighted by Crippen LogP contribution is 2.52. The lowest BCUT2D eigenvalue weighted by atomic mass is 9.65. The number of carbonyl (C=O) groups is 1. The van der Waals surface area contributed by atoms with Crippen molar-refractivity contribution in [1.29, 1.82) is 0 Å². The van der Waals surface area contributed by atoms with Gasteiger partial charge in [0.15, 0.2) is 6.61 Å². The summed E-state index contributed by atoms with van der Waals surface area (Å²) in [6.45, 7) is 7.86. The van der Waals surface area contributed by atoms with E-state index in [0.29, 0.717) is 23.1 Å². The van der Waals surface area contributed by atoms with Crippen LogP contribution in [0, 0.1) is 10.8 Å². The highest BCUT2D eigenvalue weighted by Gasteiger charge is 2.50. The Labute approximate surface area is 153 Å². The van der Waals surface area contributed by atoms with Crippen molar-refractivity contribution in [2.24, 2.45) is 10.8 Å². The summed E-state index contributed by atoms with van der Waals surface area (Å²) in [5, 5.41) is 7.54. The van der Waals surface area contributed by atoms with E-state index in [1.807, 2.05) is 29.2 Å². The SMILES string of the molecule is CC1(C)C[C@H]2C[C@](C)(CN2C(=O)COc2ccc(-c3nnco3)cc2)C1. The number of amides is 1. The number of hydrogen-bond donors (Lipinski definition) is 0. The van der Waals surface area contributed by atoms with Crippen molar-refractivity contribution in [2.75, 3.05) is 13.2 Å². The summed E-state index contributed by atoms with van der Waals surface area (Å²) in [7, 11) is 0. The van der Waals surface area contributed by atoms with Crippen LogP contribution in [0.1, 0.15) is 40.0 Å². The summed E-state index contributed by atoms with van der Waals surface area (Å²) in [6.07, 6.45) is 4.67. The number of rotatable bonds is 4. The second kappa shape index (κ2) is 6.11. The quantitative estimate of drug-likeness (QED) is 0.839. The molecule has 2 bridgehead atoms. The van der Waals surface area contributed by atoms with Crippen LogP contribution in [0.15, 0.2) is 35.1 Å². The zero-order chi connectivity index (χ0) is 18.4. The molecule has 2 aliphatic rings. The Morgan fingerprint density at radius 2 is 2.04 bits per heavy atom. The molecule has 138 valence electrons. The van der Waals surface area contributed by atoms with E-state index in [4.69, 9.17) is 9.15 Å². The van der Waals surface area contributed by atoms with E-state index in [1.54, 1.807) is 0 Å². The van der Waals surface area contributed by atoms with Crippen molar-refractivity contribution in [3.8, 4) is 17.2 Å². The lowest BCUT2D eigenvalue weighted by molar-refractivity contribution is -0.134. The molecule has 1 saturated heterocycles. The van der Waals surface area contributed by atoms with Crippen molar-refractivity contribution in [1.82, 2.24) is 15.1 Å². The van der Waals surface area contributed by atoms with Gasteiger partial charge in [0, 0.05) is 18.2 Å². The van der Waals surface area contributed by atoms with E-state index in [2.05, 4.69) is 31.0 Å². The maximum atomic E-state index is 12.7. The smallest absolute Gasteiger partial charge is 0.260 e. The molecule has 0 unspecified atom stereocenters. The first-order valence-corrected chi connectivity index (χ1v) is 9.13. The van der Waals surface area contributed by atoms with Crippen molar-refractivity contribution < 1.29 is 13.9 Å². The Morgan fingerprint density at radius 1 is 1.27 bits per heavy atom. The Hall–Kier alpha value is -2.37. The van der Waals surface area contributed by atoms with Crippen LogP contribution in [-0.4, -0.2) is 40.2 Å². The van der Waals surface area contributed by atoms with E-state index in [0.717, 1.165) is 24.9 Å². The van der Waals surface area contributed by atoms with Crippen molar-refractivity contribution in [2.45, 2.75) is 46.1 Å². The van der Waals surface area contributed by atoms with E-state index in [-0.39, 0.29) is 17.9 Å². The van der Waals surface area contributed by atoms with Gasteiger partial charge in [-0.3, -0.25) is 4.79 Å². The molecule has 2 aromatic rings. The van der Waals surface area contributed by atoms with Crippen LogP contribution in [0.2, 0.25) is 0 Å². The summed E-state index contributed by atoms with van der Waals surface area (Å²) in [6, 6.07) is 7.68. The molecule has 26 heavy (non-hydrogen) atoms. The highest BCUT2D eigenvalue weighted by atomic mass is 16.5. The molecule has 1 aromatic heterocycles. The molecular formula is C20H25N3O3. The highest BCUT2D eigenvalue weighted by molar-refractivity contribution is 5.78. The molecule has 2 fully saturated rings.